The minimum atomic E-state index is 0.0910. The van der Waals surface area contributed by atoms with Gasteiger partial charge in [0.05, 0.1) is 5.56 Å². The molecule has 21 heavy (non-hydrogen) atoms. The maximum Gasteiger partial charge on any atom is 0.255 e. The molecule has 1 fully saturated rings. The average molecular weight is 281 g/mol. The molecule has 0 aliphatic carbocycles. The van der Waals surface area contributed by atoms with Crippen molar-refractivity contribution in [2.75, 3.05) is 31.1 Å². The number of anilines is 1. The van der Waals surface area contributed by atoms with Crippen LogP contribution in [0.15, 0.2) is 48.7 Å². The second-order valence-electron chi connectivity index (χ2n) is 5.25. The van der Waals surface area contributed by atoms with Crippen LogP contribution >= 0.6 is 0 Å². The number of rotatable bonds is 2. The molecule has 0 unspecified atom stereocenters. The quantitative estimate of drug-likeness (QED) is 0.848. The number of para-hydroxylation sites is 1. The summed E-state index contributed by atoms with van der Waals surface area (Å²) in [4.78, 5) is 21.0. The molecule has 3 rings (SSSR count). The third-order valence-corrected chi connectivity index (χ3v) is 3.93. The molecular formula is C17H19N3O. The summed E-state index contributed by atoms with van der Waals surface area (Å²) < 4.78 is 0. The zero-order chi connectivity index (χ0) is 14.7. The van der Waals surface area contributed by atoms with E-state index in [1.54, 1.807) is 6.20 Å². The van der Waals surface area contributed by atoms with E-state index >= 15 is 0 Å². The van der Waals surface area contributed by atoms with Crippen LogP contribution in [0.3, 0.4) is 0 Å². The zero-order valence-electron chi connectivity index (χ0n) is 12.2. The van der Waals surface area contributed by atoms with Crippen LogP contribution < -0.4 is 4.90 Å². The van der Waals surface area contributed by atoms with Crippen molar-refractivity contribution in [1.82, 2.24) is 9.88 Å². The van der Waals surface area contributed by atoms with E-state index in [0.717, 1.165) is 31.9 Å². The Kier molecular flexibility index (Phi) is 3.86. The van der Waals surface area contributed by atoms with Gasteiger partial charge in [-0.1, -0.05) is 18.2 Å². The Morgan fingerprint density at radius 1 is 1.00 bits per heavy atom. The number of benzene rings is 1. The van der Waals surface area contributed by atoms with Gasteiger partial charge in [-0.3, -0.25) is 9.78 Å². The van der Waals surface area contributed by atoms with Crippen LogP contribution in [0.1, 0.15) is 16.1 Å². The van der Waals surface area contributed by atoms with Crippen LogP contribution in [0.4, 0.5) is 5.69 Å². The first kappa shape index (κ1) is 13.6. The van der Waals surface area contributed by atoms with Crippen molar-refractivity contribution in [1.29, 1.82) is 0 Å². The number of carbonyl (C=O) groups is 1. The number of hydrogen-bond acceptors (Lipinski definition) is 3. The van der Waals surface area contributed by atoms with Crippen molar-refractivity contribution in [2.45, 2.75) is 6.92 Å². The van der Waals surface area contributed by atoms with Gasteiger partial charge in [0.2, 0.25) is 0 Å². The van der Waals surface area contributed by atoms with Gasteiger partial charge in [-0.15, -0.1) is 0 Å². The third-order valence-electron chi connectivity index (χ3n) is 3.93. The number of carbonyl (C=O) groups excluding carboxylic acids is 1. The Labute approximate surface area is 125 Å². The molecule has 1 amide bonds. The molecule has 0 saturated carbocycles. The van der Waals surface area contributed by atoms with Crippen molar-refractivity contribution < 1.29 is 4.79 Å². The Balaban J connectivity index is 1.66. The molecule has 0 spiro atoms. The summed E-state index contributed by atoms with van der Waals surface area (Å²) in [6, 6.07) is 14.0. The van der Waals surface area contributed by atoms with Crippen molar-refractivity contribution in [3.63, 3.8) is 0 Å². The van der Waals surface area contributed by atoms with E-state index in [-0.39, 0.29) is 5.91 Å². The molecule has 1 saturated heterocycles. The predicted octanol–water partition coefficient (Wildman–Crippen LogP) is 2.35. The van der Waals surface area contributed by atoms with E-state index in [2.05, 4.69) is 22.0 Å². The molecule has 1 aliphatic rings. The SMILES string of the molecule is Cc1ncccc1C(=O)N1CCN(c2ccccc2)CC1. The van der Waals surface area contributed by atoms with Crippen molar-refractivity contribution >= 4 is 11.6 Å². The molecule has 0 bridgehead atoms. The highest BCUT2D eigenvalue weighted by Crippen LogP contribution is 2.17. The van der Waals surface area contributed by atoms with Crippen LogP contribution in [0, 0.1) is 6.92 Å². The van der Waals surface area contributed by atoms with Gasteiger partial charge in [0, 0.05) is 43.8 Å². The standard InChI is InChI=1S/C17H19N3O/c1-14-16(8-5-9-18-14)17(21)20-12-10-19(11-13-20)15-6-3-2-4-7-15/h2-9H,10-13H2,1H3. The first-order valence-electron chi connectivity index (χ1n) is 7.26. The molecule has 108 valence electrons. The summed E-state index contributed by atoms with van der Waals surface area (Å²) in [6.45, 7) is 5.13. The van der Waals surface area contributed by atoms with Gasteiger partial charge in [-0.05, 0) is 31.2 Å². The first-order valence-corrected chi connectivity index (χ1v) is 7.26. The van der Waals surface area contributed by atoms with E-state index in [1.807, 2.05) is 42.2 Å². The van der Waals surface area contributed by atoms with Crippen LogP contribution in [-0.4, -0.2) is 42.0 Å². The van der Waals surface area contributed by atoms with Gasteiger partial charge in [0.15, 0.2) is 0 Å². The number of piperazine rings is 1. The molecule has 2 aromatic rings. The molecule has 2 heterocycles. The van der Waals surface area contributed by atoms with Crippen molar-refractivity contribution in [2.24, 2.45) is 0 Å². The fourth-order valence-corrected chi connectivity index (χ4v) is 2.69. The van der Waals surface area contributed by atoms with Gasteiger partial charge in [0.1, 0.15) is 0 Å². The lowest BCUT2D eigenvalue weighted by molar-refractivity contribution is 0.0745. The summed E-state index contributed by atoms with van der Waals surface area (Å²) in [5.41, 5.74) is 2.74. The van der Waals surface area contributed by atoms with Gasteiger partial charge in [-0.2, -0.15) is 0 Å². The van der Waals surface area contributed by atoms with Crippen LogP contribution in [0.2, 0.25) is 0 Å². The minimum Gasteiger partial charge on any atom is -0.368 e. The molecule has 4 heteroatoms. The Morgan fingerprint density at radius 3 is 2.38 bits per heavy atom. The van der Waals surface area contributed by atoms with E-state index < -0.39 is 0 Å². The Bertz CT molecular complexity index is 619. The number of amides is 1. The first-order chi connectivity index (χ1) is 10.3. The fraction of sp³-hybridized carbons (Fsp3) is 0.294. The van der Waals surface area contributed by atoms with Crippen LogP contribution in [0.25, 0.3) is 0 Å². The molecule has 0 N–H and O–H groups in total. The molecule has 1 aromatic heterocycles. The number of pyridine rings is 1. The maximum atomic E-state index is 12.5. The predicted molar refractivity (Wildman–Crippen MR) is 83.5 cm³/mol. The summed E-state index contributed by atoms with van der Waals surface area (Å²) in [5.74, 6) is 0.0910. The molecule has 0 atom stereocenters. The summed E-state index contributed by atoms with van der Waals surface area (Å²) >= 11 is 0. The topological polar surface area (TPSA) is 36.4 Å². The lowest BCUT2D eigenvalue weighted by Gasteiger charge is -2.36. The second kappa shape index (κ2) is 5.95. The maximum absolute atomic E-state index is 12.5. The second-order valence-corrected chi connectivity index (χ2v) is 5.25. The highest BCUT2D eigenvalue weighted by molar-refractivity contribution is 5.95. The third kappa shape index (κ3) is 2.89. The van der Waals surface area contributed by atoms with E-state index in [1.165, 1.54) is 5.69 Å². The summed E-state index contributed by atoms with van der Waals surface area (Å²) in [5, 5.41) is 0. The molecular weight excluding hydrogens is 262 g/mol. The number of aromatic nitrogens is 1. The van der Waals surface area contributed by atoms with Crippen molar-refractivity contribution in [3.05, 3.63) is 59.9 Å². The molecule has 0 radical (unpaired) electrons. The number of hydrogen-bond donors (Lipinski definition) is 0. The van der Waals surface area contributed by atoms with Gasteiger partial charge in [-0.25, -0.2) is 0 Å². The molecule has 1 aliphatic heterocycles. The number of nitrogens with zero attached hydrogens (tertiary/aromatic N) is 3. The highest BCUT2D eigenvalue weighted by Gasteiger charge is 2.23. The average Bonchev–Trinajstić information content (AvgIpc) is 2.56. The summed E-state index contributed by atoms with van der Waals surface area (Å²) in [7, 11) is 0. The fourth-order valence-electron chi connectivity index (χ4n) is 2.69. The van der Waals surface area contributed by atoms with Gasteiger partial charge < -0.3 is 9.80 Å². The summed E-state index contributed by atoms with van der Waals surface area (Å²) in [6.07, 6.45) is 1.72. The normalized spacial score (nSPS) is 15.1. The highest BCUT2D eigenvalue weighted by atomic mass is 16.2. The molecule has 4 nitrogen and oxygen atoms in total. The zero-order valence-corrected chi connectivity index (χ0v) is 12.2. The van der Waals surface area contributed by atoms with Crippen LogP contribution in [-0.2, 0) is 0 Å². The van der Waals surface area contributed by atoms with Gasteiger partial charge >= 0.3 is 0 Å². The molecule has 1 aromatic carbocycles. The van der Waals surface area contributed by atoms with Gasteiger partial charge in [0.25, 0.3) is 5.91 Å². The lowest BCUT2D eigenvalue weighted by Crippen LogP contribution is -2.49. The lowest BCUT2D eigenvalue weighted by atomic mass is 10.1. The van der Waals surface area contributed by atoms with E-state index in [9.17, 15) is 4.79 Å². The smallest absolute Gasteiger partial charge is 0.255 e. The monoisotopic (exact) mass is 281 g/mol. The largest absolute Gasteiger partial charge is 0.368 e. The van der Waals surface area contributed by atoms with Crippen LogP contribution in [0.5, 0.6) is 0 Å². The Hall–Kier alpha value is -2.36. The Morgan fingerprint density at radius 2 is 1.71 bits per heavy atom. The van der Waals surface area contributed by atoms with E-state index in [4.69, 9.17) is 0 Å². The van der Waals surface area contributed by atoms with E-state index in [0.29, 0.717) is 5.56 Å². The minimum absolute atomic E-state index is 0.0910. The van der Waals surface area contributed by atoms with Crippen molar-refractivity contribution in [3.8, 4) is 0 Å². The number of aryl methyl sites for hydroxylation is 1.